The normalized spacial score (nSPS) is 10.2. The van der Waals surface area contributed by atoms with Crippen LogP contribution in [0.5, 0.6) is 0 Å². The molecule has 3 aromatic rings. The molecular formula is C19H16ClN5. The van der Waals surface area contributed by atoms with Crippen LogP contribution in [0.4, 0.5) is 23.0 Å². The van der Waals surface area contributed by atoms with E-state index in [0.717, 1.165) is 16.9 Å². The first kappa shape index (κ1) is 16.7. The topological polar surface area (TPSA) is 73.6 Å². The molecule has 5 nitrogen and oxygen atoms in total. The summed E-state index contributed by atoms with van der Waals surface area (Å²) in [7, 11) is 0. The van der Waals surface area contributed by atoms with Crippen LogP contribution < -0.4 is 10.6 Å². The third-order valence-corrected chi connectivity index (χ3v) is 3.79. The van der Waals surface area contributed by atoms with Crippen molar-refractivity contribution >= 4 is 34.6 Å². The summed E-state index contributed by atoms with van der Waals surface area (Å²) in [6.45, 7) is 3.81. The van der Waals surface area contributed by atoms with Crippen molar-refractivity contribution in [2.24, 2.45) is 0 Å². The van der Waals surface area contributed by atoms with Gasteiger partial charge in [-0.15, -0.1) is 0 Å². The Morgan fingerprint density at radius 1 is 0.960 bits per heavy atom. The minimum Gasteiger partial charge on any atom is -0.340 e. The number of nitrogens with zero attached hydrogens (tertiary/aromatic N) is 3. The quantitative estimate of drug-likeness (QED) is 0.685. The first-order valence-electron chi connectivity index (χ1n) is 7.69. The van der Waals surface area contributed by atoms with E-state index in [-0.39, 0.29) is 0 Å². The van der Waals surface area contributed by atoms with Crippen molar-refractivity contribution in [3.8, 4) is 6.07 Å². The molecule has 25 heavy (non-hydrogen) atoms. The van der Waals surface area contributed by atoms with Crippen molar-refractivity contribution in [3.63, 3.8) is 0 Å². The van der Waals surface area contributed by atoms with Gasteiger partial charge in [0.1, 0.15) is 17.5 Å². The van der Waals surface area contributed by atoms with Gasteiger partial charge < -0.3 is 10.6 Å². The Labute approximate surface area is 151 Å². The van der Waals surface area contributed by atoms with Crippen LogP contribution >= 0.6 is 11.6 Å². The molecule has 1 heterocycles. The highest BCUT2D eigenvalue weighted by molar-refractivity contribution is 6.30. The van der Waals surface area contributed by atoms with Gasteiger partial charge in [0, 0.05) is 22.5 Å². The van der Waals surface area contributed by atoms with Gasteiger partial charge in [0.05, 0.1) is 11.6 Å². The van der Waals surface area contributed by atoms with E-state index in [1.54, 1.807) is 12.1 Å². The molecule has 0 aliphatic rings. The molecule has 1 aromatic heterocycles. The van der Waals surface area contributed by atoms with Crippen LogP contribution in [0.2, 0.25) is 5.02 Å². The van der Waals surface area contributed by atoms with Gasteiger partial charge in [0.2, 0.25) is 0 Å². The van der Waals surface area contributed by atoms with Gasteiger partial charge in [-0.1, -0.05) is 17.7 Å². The summed E-state index contributed by atoms with van der Waals surface area (Å²) in [6, 6.07) is 16.8. The number of rotatable bonds is 4. The predicted octanol–water partition coefficient (Wildman–Crippen LogP) is 5.11. The first-order chi connectivity index (χ1) is 12.0. The molecule has 0 bridgehead atoms. The third kappa shape index (κ3) is 4.25. The summed E-state index contributed by atoms with van der Waals surface area (Å²) in [5.74, 6) is 1.96. The SMILES string of the molecule is Cc1nc(Nc2cccc(C#N)c2)cc(Nc2ccc(Cl)cc2C)n1. The van der Waals surface area contributed by atoms with Crippen LogP contribution in [0.3, 0.4) is 0 Å². The molecule has 0 saturated heterocycles. The van der Waals surface area contributed by atoms with Crippen LogP contribution in [0.15, 0.2) is 48.5 Å². The maximum atomic E-state index is 9.00. The summed E-state index contributed by atoms with van der Waals surface area (Å²) in [6.07, 6.45) is 0. The minimum absolute atomic E-state index is 0.589. The monoisotopic (exact) mass is 349 g/mol. The molecule has 0 unspecified atom stereocenters. The van der Waals surface area contributed by atoms with Crippen molar-refractivity contribution in [2.45, 2.75) is 13.8 Å². The lowest BCUT2D eigenvalue weighted by atomic mass is 10.2. The van der Waals surface area contributed by atoms with Crippen molar-refractivity contribution in [2.75, 3.05) is 10.6 Å². The lowest BCUT2D eigenvalue weighted by Crippen LogP contribution is -2.02. The Morgan fingerprint density at radius 3 is 2.44 bits per heavy atom. The van der Waals surface area contributed by atoms with Gasteiger partial charge >= 0.3 is 0 Å². The van der Waals surface area contributed by atoms with Crippen LogP contribution in [0, 0.1) is 25.2 Å². The van der Waals surface area contributed by atoms with Gasteiger partial charge in [0.15, 0.2) is 0 Å². The summed E-state index contributed by atoms with van der Waals surface area (Å²) in [4.78, 5) is 8.82. The summed E-state index contributed by atoms with van der Waals surface area (Å²) >= 11 is 6.00. The largest absolute Gasteiger partial charge is 0.340 e. The molecule has 0 saturated carbocycles. The van der Waals surface area contributed by atoms with Crippen molar-refractivity contribution < 1.29 is 0 Å². The van der Waals surface area contributed by atoms with E-state index in [2.05, 4.69) is 26.7 Å². The number of benzene rings is 2. The molecule has 2 aromatic carbocycles. The number of halogens is 1. The molecular weight excluding hydrogens is 334 g/mol. The molecule has 0 amide bonds. The van der Waals surface area contributed by atoms with E-state index in [0.29, 0.717) is 28.0 Å². The minimum atomic E-state index is 0.589. The van der Waals surface area contributed by atoms with E-state index in [1.807, 2.05) is 50.2 Å². The summed E-state index contributed by atoms with van der Waals surface area (Å²) < 4.78 is 0. The number of nitriles is 1. The Hall–Kier alpha value is -3.10. The van der Waals surface area contributed by atoms with Gasteiger partial charge in [-0.3, -0.25) is 0 Å². The van der Waals surface area contributed by atoms with Crippen LogP contribution in [-0.2, 0) is 0 Å². The second-order valence-electron chi connectivity index (χ2n) is 5.59. The zero-order chi connectivity index (χ0) is 17.8. The average molecular weight is 350 g/mol. The fourth-order valence-corrected chi connectivity index (χ4v) is 2.64. The number of hydrogen-bond donors (Lipinski definition) is 2. The molecule has 0 aliphatic carbocycles. The number of aromatic nitrogens is 2. The fraction of sp³-hybridized carbons (Fsp3) is 0.105. The number of aryl methyl sites for hydroxylation is 2. The molecule has 124 valence electrons. The molecule has 3 rings (SSSR count). The highest BCUT2D eigenvalue weighted by Gasteiger charge is 2.06. The first-order valence-corrected chi connectivity index (χ1v) is 8.07. The lowest BCUT2D eigenvalue weighted by Gasteiger charge is -2.12. The van der Waals surface area contributed by atoms with Crippen LogP contribution in [-0.4, -0.2) is 9.97 Å². The zero-order valence-electron chi connectivity index (χ0n) is 13.8. The molecule has 0 spiro atoms. The Kier molecular flexibility index (Phi) is 4.82. The number of hydrogen-bond acceptors (Lipinski definition) is 5. The Bertz CT molecular complexity index is 962. The predicted molar refractivity (Wildman–Crippen MR) is 101 cm³/mol. The summed E-state index contributed by atoms with van der Waals surface area (Å²) in [5.41, 5.74) is 3.34. The maximum Gasteiger partial charge on any atom is 0.136 e. The Morgan fingerprint density at radius 2 is 1.72 bits per heavy atom. The van der Waals surface area contributed by atoms with Crippen LogP contribution in [0.1, 0.15) is 17.0 Å². The highest BCUT2D eigenvalue weighted by atomic mass is 35.5. The van der Waals surface area contributed by atoms with Gasteiger partial charge in [-0.2, -0.15) is 5.26 Å². The molecule has 0 atom stereocenters. The molecule has 2 N–H and O–H groups in total. The molecule has 0 aliphatic heterocycles. The highest BCUT2D eigenvalue weighted by Crippen LogP contribution is 2.24. The van der Waals surface area contributed by atoms with Gasteiger partial charge in [-0.25, -0.2) is 9.97 Å². The average Bonchev–Trinajstić information content (AvgIpc) is 2.57. The van der Waals surface area contributed by atoms with E-state index >= 15 is 0 Å². The number of anilines is 4. The second kappa shape index (κ2) is 7.20. The van der Waals surface area contributed by atoms with E-state index in [9.17, 15) is 0 Å². The van der Waals surface area contributed by atoms with Gasteiger partial charge in [0.25, 0.3) is 0 Å². The van der Waals surface area contributed by atoms with Crippen LogP contribution in [0.25, 0.3) is 0 Å². The van der Waals surface area contributed by atoms with E-state index in [1.165, 1.54) is 0 Å². The molecule has 0 fully saturated rings. The van der Waals surface area contributed by atoms with Crippen molar-refractivity contribution in [1.29, 1.82) is 5.26 Å². The molecule has 6 heteroatoms. The van der Waals surface area contributed by atoms with Crippen molar-refractivity contribution in [1.82, 2.24) is 9.97 Å². The lowest BCUT2D eigenvalue weighted by molar-refractivity contribution is 1.06. The summed E-state index contributed by atoms with van der Waals surface area (Å²) in [5, 5.41) is 16.2. The fourth-order valence-electron chi connectivity index (χ4n) is 2.42. The zero-order valence-corrected chi connectivity index (χ0v) is 14.6. The van der Waals surface area contributed by atoms with E-state index < -0.39 is 0 Å². The second-order valence-corrected chi connectivity index (χ2v) is 6.02. The number of nitrogens with one attached hydrogen (secondary N) is 2. The third-order valence-electron chi connectivity index (χ3n) is 3.55. The smallest absolute Gasteiger partial charge is 0.136 e. The standard InChI is InChI=1S/C19H16ClN5/c1-12-8-15(20)6-7-17(12)25-19-10-18(22-13(2)23-19)24-16-5-3-4-14(9-16)11-21/h3-10H,1-2H3,(H2,22,23,24,25). The Balaban J connectivity index is 1.86. The maximum absolute atomic E-state index is 9.00. The van der Waals surface area contributed by atoms with Gasteiger partial charge in [-0.05, 0) is 55.8 Å². The van der Waals surface area contributed by atoms with Crippen molar-refractivity contribution in [3.05, 3.63) is 70.5 Å². The molecule has 0 radical (unpaired) electrons. The van der Waals surface area contributed by atoms with E-state index in [4.69, 9.17) is 16.9 Å².